The van der Waals surface area contributed by atoms with Crippen LogP contribution in [0.1, 0.15) is 263 Å². The number of fused-ring (bicyclic) bond motifs is 1. The van der Waals surface area contributed by atoms with Crippen LogP contribution in [0.4, 0.5) is 0 Å². The molecule has 12 fully saturated rings. The van der Waals surface area contributed by atoms with Gasteiger partial charge in [0.05, 0.1) is 22.2 Å². The van der Waals surface area contributed by atoms with Crippen LogP contribution in [0.2, 0.25) is 0 Å². The second-order valence-electron chi connectivity index (χ2n) is 26.5. The van der Waals surface area contributed by atoms with Crippen molar-refractivity contribution in [3.63, 3.8) is 0 Å². The Morgan fingerprint density at radius 1 is 0.554 bits per heavy atom. The van der Waals surface area contributed by atoms with E-state index in [2.05, 4.69) is 41.5 Å². The molecule has 0 aromatic carbocycles. The molecule has 0 spiro atoms. The highest BCUT2D eigenvalue weighted by Gasteiger charge is 2.63. The summed E-state index contributed by atoms with van der Waals surface area (Å²) in [5.74, 6) is 5.74. The van der Waals surface area contributed by atoms with Crippen molar-refractivity contribution in [2.45, 2.75) is 286 Å². The van der Waals surface area contributed by atoms with Crippen LogP contribution in [0.5, 0.6) is 0 Å². The maximum atomic E-state index is 12.9. The molecule has 2 heterocycles. The predicted molar refractivity (Wildman–Crippen MR) is 303 cm³/mol. The van der Waals surface area contributed by atoms with E-state index in [1.165, 1.54) is 70.6 Å². The third kappa shape index (κ3) is 13.4. The molecule has 10 nitrogen and oxygen atoms in total. The Labute approximate surface area is 455 Å². The first kappa shape index (κ1) is 69.4. The lowest BCUT2D eigenvalue weighted by Gasteiger charge is -2.63. The SMILES string of the molecule is C.C.C.C.C.C.CCC(C)(C)C(=O)OC(CC)(CC)C12CC3CC(CC(C3)C1)C2.CCC(C)(C)C(=O)OC1(C(C)C)C2CC3CC(C2)CC1C3.CCC(C)(C)C(=O)OCC(=O)OC1C2CC3CC(C2)C(=O)OC1C3. The van der Waals surface area contributed by atoms with E-state index in [1.54, 1.807) is 13.8 Å². The molecular weight excluding hydrogens is 929 g/mol. The number of carbonyl (C=O) groups excluding carboxylic acids is 5. The molecule has 10 aliphatic carbocycles. The van der Waals surface area contributed by atoms with E-state index in [0.717, 1.165) is 81.0 Å². The number of rotatable bonds is 15. The van der Waals surface area contributed by atoms with Crippen LogP contribution in [0.25, 0.3) is 0 Å². The van der Waals surface area contributed by atoms with Crippen molar-refractivity contribution in [1.29, 1.82) is 0 Å². The van der Waals surface area contributed by atoms with Gasteiger partial charge in [-0.15, -0.1) is 0 Å². The maximum Gasteiger partial charge on any atom is 0.344 e. The second kappa shape index (κ2) is 26.3. The maximum absolute atomic E-state index is 12.9. The number of carbonyl (C=O) groups is 5. The van der Waals surface area contributed by atoms with Crippen LogP contribution in [-0.4, -0.2) is 59.9 Å². The standard InChI is InChI=1S/C21H36O2.C19H32O2.C18H26O6.6CH4/c1-6-19(4,5)18(22)23-21(7-2,8-3)20-12-15-9-16(13-20)11-17(10-15)14-20;1-6-18(4,5)17(20)21-19(12(2)3)15-8-13-7-14(10-15)11-16(19)9-13;1-4-18(2,3)17(21)22-9-14(19)24-15-11-5-10-6-12(8-11)16(20)23-13(15)7-10;;;;;;/h15-17H,6-14H2,1-5H3;12-16H,6-11H2,1-5H3;10-13,15H,4-9H2,1-3H3;6*1H4. The summed E-state index contributed by atoms with van der Waals surface area (Å²) < 4.78 is 29.0. The molecule has 5 unspecified atom stereocenters. The molecular formula is C64H118O10. The molecule has 2 saturated heterocycles. The highest BCUT2D eigenvalue weighted by Crippen LogP contribution is 2.66. The fourth-order valence-corrected chi connectivity index (χ4v) is 16.1. The molecule has 0 radical (unpaired) electrons. The highest BCUT2D eigenvalue weighted by molar-refractivity contribution is 5.80. The molecule has 0 amide bonds. The third-order valence-electron chi connectivity index (χ3n) is 20.8. The van der Waals surface area contributed by atoms with Crippen molar-refractivity contribution in [2.75, 3.05) is 6.61 Å². The zero-order valence-corrected chi connectivity index (χ0v) is 44.9. The van der Waals surface area contributed by atoms with Crippen LogP contribution in [0, 0.1) is 86.8 Å². The Bertz CT molecular complexity index is 1770. The smallest absolute Gasteiger partial charge is 0.344 e. The molecule has 74 heavy (non-hydrogen) atoms. The van der Waals surface area contributed by atoms with E-state index >= 15 is 0 Å². The molecule has 0 N–H and O–H groups in total. The van der Waals surface area contributed by atoms with Gasteiger partial charge in [0.25, 0.3) is 0 Å². The Balaban J connectivity index is 0.000000534. The molecule has 0 aromatic rings. The Kier molecular flexibility index (Phi) is 24.7. The van der Waals surface area contributed by atoms with Crippen molar-refractivity contribution in [3.05, 3.63) is 0 Å². The molecule has 2 aliphatic heterocycles. The van der Waals surface area contributed by atoms with Crippen LogP contribution in [0.3, 0.4) is 0 Å². The average Bonchev–Trinajstić information content (AvgIpc) is 3.45. The molecule has 12 aliphatic rings. The van der Waals surface area contributed by atoms with Crippen molar-refractivity contribution in [2.24, 2.45) is 86.8 Å². The molecule has 10 saturated carbocycles. The van der Waals surface area contributed by atoms with Gasteiger partial charge in [-0.2, -0.15) is 0 Å². The van der Waals surface area contributed by atoms with E-state index < -0.39 is 23.5 Å². The van der Waals surface area contributed by atoms with Crippen molar-refractivity contribution in [3.8, 4) is 0 Å². The fraction of sp³-hybridized carbons (Fsp3) is 0.922. The van der Waals surface area contributed by atoms with Crippen LogP contribution in [-0.2, 0) is 47.7 Å². The topological polar surface area (TPSA) is 132 Å². The molecule has 10 heteroatoms. The van der Waals surface area contributed by atoms with Gasteiger partial charge >= 0.3 is 29.8 Å². The second-order valence-corrected chi connectivity index (χ2v) is 26.5. The molecule has 0 aromatic heterocycles. The monoisotopic (exact) mass is 1050 g/mol. The summed E-state index contributed by atoms with van der Waals surface area (Å²) in [5.41, 5.74) is -1.46. The first-order chi connectivity index (χ1) is 31.9. The van der Waals surface area contributed by atoms with E-state index in [-0.39, 0.29) is 114 Å². The summed E-state index contributed by atoms with van der Waals surface area (Å²) in [6, 6.07) is 0. The number of hydrogen-bond donors (Lipinski definition) is 0. The largest absolute Gasteiger partial charge is 0.458 e. The van der Waals surface area contributed by atoms with Gasteiger partial charge < -0.3 is 23.7 Å². The molecule has 434 valence electrons. The summed E-state index contributed by atoms with van der Waals surface area (Å²) in [6.07, 6.45) is 21.8. The highest BCUT2D eigenvalue weighted by atomic mass is 16.6. The summed E-state index contributed by atoms with van der Waals surface area (Å²) >= 11 is 0. The minimum Gasteiger partial charge on any atom is -0.458 e. The normalized spacial score (nSPS) is 34.3. The van der Waals surface area contributed by atoms with Crippen molar-refractivity contribution >= 4 is 29.8 Å². The fourth-order valence-electron chi connectivity index (χ4n) is 16.1. The quantitative estimate of drug-likeness (QED) is 0.115. The van der Waals surface area contributed by atoms with Crippen LogP contribution < -0.4 is 0 Å². The lowest BCUT2D eigenvalue weighted by molar-refractivity contribution is -0.231. The average molecular weight is 1050 g/mol. The van der Waals surface area contributed by atoms with Crippen molar-refractivity contribution < 1.29 is 47.7 Å². The lowest BCUT2D eigenvalue weighted by atomic mass is 9.44. The first-order valence-corrected chi connectivity index (χ1v) is 27.9. The number of esters is 5. The summed E-state index contributed by atoms with van der Waals surface area (Å²) in [4.78, 5) is 61.7. The van der Waals surface area contributed by atoms with Gasteiger partial charge in [0.1, 0.15) is 23.4 Å². The van der Waals surface area contributed by atoms with Crippen LogP contribution >= 0.6 is 0 Å². The van der Waals surface area contributed by atoms with Gasteiger partial charge in [-0.05, 0) is 223 Å². The van der Waals surface area contributed by atoms with Gasteiger partial charge in [0.15, 0.2) is 6.61 Å². The Hall–Kier alpha value is -2.65. The number of ether oxygens (including phenoxy) is 5. The van der Waals surface area contributed by atoms with Gasteiger partial charge in [0.2, 0.25) is 0 Å². The molecule has 12 bridgehead atoms. The van der Waals surface area contributed by atoms with Gasteiger partial charge in [-0.3, -0.25) is 19.2 Å². The predicted octanol–water partition coefficient (Wildman–Crippen LogP) is 16.6. The van der Waals surface area contributed by atoms with Gasteiger partial charge in [-0.25, -0.2) is 4.79 Å². The van der Waals surface area contributed by atoms with Gasteiger partial charge in [0, 0.05) is 11.3 Å². The summed E-state index contributed by atoms with van der Waals surface area (Å²) in [6.45, 7) is 26.4. The minimum absolute atomic E-state index is 0. The number of hydrogen-bond acceptors (Lipinski definition) is 10. The Morgan fingerprint density at radius 3 is 1.43 bits per heavy atom. The minimum atomic E-state index is -0.615. The Morgan fingerprint density at radius 2 is 0.986 bits per heavy atom. The summed E-state index contributed by atoms with van der Waals surface area (Å²) in [5, 5.41) is 0. The molecule has 12 rings (SSSR count). The van der Waals surface area contributed by atoms with E-state index in [4.69, 9.17) is 23.7 Å². The zero-order valence-electron chi connectivity index (χ0n) is 44.9. The van der Waals surface area contributed by atoms with Crippen LogP contribution in [0.15, 0.2) is 0 Å². The van der Waals surface area contributed by atoms with E-state index in [0.29, 0.717) is 30.1 Å². The third-order valence-corrected chi connectivity index (χ3v) is 20.8. The van der Waals surface area contributed by atoms with Crippen molar-refractivity contribution in [1.82, 2.24) is 0 Å². The van der Waals surface area contributed by atoms with Gasteiger partial charge in [-0.1, -0.05) is 93.0 Å². The first-order valence-electron chi connectivity index (χ1n) is 27.9. The molecule has 5 atom stereocenters. The van der Waals surface area contributed by atoms with E-state index in [1.807, 2.05) is 34.6 Å². The van der Waals surface area contributed by atoms with E-state index in [9.17, 15) is 24.0 Å². The summed E-state index contributed by atoms with van der Waals surface area (Å²) in [7, 11) is 0. The zero-order chi connectivity index (χ0) is 49.8. The lowest BCUT2D eigenvalue weighted by Crippen LogP contribution is -2.63.